The molecule has 0 atom stereocenters. The van der Waals surface area contributed by atoms with Crippen LogP contribution in [0.2, 0.25) is 0 Å². The zero-order chi connectivity index (χ0) is 16.7. The molecule has 2 rings (SSSR count). The van der Waals surface area contributed by atoms with Crippen molar-refractivity contribution in [3.8, 4) is 0 Å². The Bertz CT molecular complexity index is 733. The topological polar surface area (TPSA) is 34.6 Å². The highest BCUT2D eigenvalue weighted by Crippen LogP contribution is 2.29. The second-order valence-electron chi connectivity index (χ2n) is 4.12. The monoisotopic (exact) mass is 362 g/mol. The maximum atomic E-state index is 12.6. The van der Waals surface area contributed by atoms with Crippen molar-refractivity contribution in [1.29, 1.82) is 0 Å². The van der Waals surface area contributed by atoms with E-state index in [1.54, 1.807) is 0 Å². The van der Waals surface area contributed by atoms with E-state index in [4.69, 9.17) is 0 Å². The van der Waals surface area contributed by atoms with E-state index in [-0.39, 0.29) is 9.60 Å². The first-order valence-electron chi connectivity index (χ1n) is 5.53. The smallest absolute Gasteiger partial charge is 0.315 e. The van der Waals surface area contributed by atoms with Crippen molar-refractivity contribution < 1.29 is 26.3 Å². The predicted octanol–water partition coefficient (Wildman–Crippen LogP) is 2.94. The highest BCUT2D eigenvalue weighted by atomic mass is 32.1. The fraction of sp³-hybridized carbons (Fsp3) is 0.400. The number of alkyl halides is 6. The first kappa shape index (κ1) is 16.8. The molecule has 12 heteroatoms. The van der Waals surface area contributed by atoms with Crippen molar-refractivity contribution in [2.45, 2.75) is 12.4 Å². The minimum Gasteiger partial charge on any atom is -0.315 e. The van der Waals surface area contributed by atoms with E-state index in [1.807, 2.05) is 0 Å². The van der Waals surface area contributed by atoms with E-state index in [1.165, 1.54) is 0 Å². The lowest BCUT2D eigenvalue weighted by Gasteiger charge is -2.06. The molecule has 2 heterocycles. The van der Waals surface area contributed by atoms with Gasteiger partial charge in [-0.3, -0.25) is 0 Å². The van der Waals surface area contributed by atoms with Crippen LogP contribution in [0.4, 0.5) is 26.3 Å². The standard InChI is InChI=1S/C10H8F6N4S2/c1-19-5(9(11,12)13)3-21-7(19)17-18-8-20(2)6(4-22-8)10(14,15)16/h3-4H,1-2H3/b17-7-,18-8+. The second-order valence-corrected chi connectivity index (χ2v) is 5.79. The lowest BCUT2D eigenvalue weighted by molar-refractivity contribution is -0.144. The molecular formula is C10H8F6N4S2. The fourth-order valence-corrected chi connectivity index (χ4v) is 3.23. The summed E-state index contributed by atoms with van der Waals surface area (Å²) in [5.41, 5.74) is -1.81. The van der Waals surface area contributed by atoms with Crippen LogP contribution in [0.25, 0.3) is 0 Å². The van der Waals surface area contributed by atoms with Gasteiger partial charge in [0.2, 0.25) is 9.60 Å². The van der Waals surface area contributed by atoms with Gasteiger partial charge in [0.15, 0.2) is 0 Å². The largest absolute Gasteiger partial charge is 0.432 e. The third-order valence-corrected chi connectivity index (χ3v) is 4.47. The molecule has 122 valence electrons. The molecule has 0 spiro atoms. The third kappa shape index (κ3) is 3.27. The number of nitrogens with zero attached hydrogens (tertiary/aromatic N) is 4. The van der Waals surface area contributed by atoms with Crippen molar-refractivity contribution in [1.82, 2.24) is 9.13 Å². The molecule has 22 heavy (non-hydrogen) atoms. The van der Waals surface area contributed by atoms with Gasteiger partial charge in [-0.2, -0.15) is 26.3 Å². The number of hydrogen-bond donors (Lipinski definition) is 0. The van der Waals surface area contributed by atoms with Gasteiger partial charge in [-0.1, -0.05) is 0 Å². The van der Waals surface area contributed by atoms with Gasteiger partial charge < -0.3 is 9.13 Å². The predicted molar refractivity (Wildman–Crippen MR) is 67.7 cm³/mol. The summed E-state index contributed by atoms with van der Waals surface area (Å²) in [4.78, 5) is -0.149. The van der Waals surface area contributed by atoms with Crippen LogP contribution in [0.15, 0.2) is 21.0 Å². The van der Waals surface area contributed by atoms with Gasteiger partial charge in [-0.25, -0.2) is 0 Å². The minimum absolute atomic E-state index is 0.0747. The number of aromatic nitrogens is 2. The van der Waals surface area contributed by atoms with Crippen molar-refractivity contribution >= 4 is 22.7 Å². The molecule has 0 aliphatic heterocycles. The maximum absolute atomic E-state index is 12.6. The Labute approximate surface area is 127 Å². The first-order chi connectivity index (χ1) is 10.0. The number of halogens is 6. The Morgan fingerprint density at radius 1 is 0.773 bits per heavy atom. The van der Waals surface area contributed by atoms with Gasteiger partial charge in [0, 0.05) is 24.9 Å². The van der Waals surface area contributed by atoms with Crippen LogP contribution in [0, 0.1) is 0 Å². The van der Waals surface area contributed by atoms with Crippen LogP contribution in [0.5, 0.6) is 0 Å². The lowest BCUT2D eigenvalue weighted by atomic mass is 10.5. The highest BCUT2D eigenvalue weighted by molar-refractivity contribution is 7.07. The molecule has 0 radical (unpaired) electrons. The molecule has 0 aliphatic carbocycles. The zero-order valence-electron chi connectivity index (χ0n) is 11.0. The van der Waals surface area contributed by atoms with Gasteiger partial charge in [0.1, 0.15) is 11.4 Å². The summed E-state index contributed by atoms with van der Waals surface area (Å²) in [6.07, 6.45) is -9.06. The quantitative estimate of drug-likeness (QED) is 0.552. The van der Waals surface area contributed by atoms with E-state index >= 15 is 0 Å². The van der Waals surface area contributed by atoms with Crippen molar-refractivity contribution in [3.05, 3.63) is 31.8 Å². The first-order valence-corrected chi connectivity index (χ1v) is 7.29. The molecule has 0 bridgehead atoms. The second kappa shape index (κ2) is 5.57. The van der Waals surface area contributed by atoms with Crippen molar-refractivity contribution in [2.75, 3.05) is 0 Å². The van der Waals surface area contributed by atoms with Crippen LogP contribution in [0.1, 0.15) is 11.4 Å². The van der Waals surface area contributed by atoms with E-state index in [9.17, 15) is 26.3 Å². The fourth-order valence-electron chi connectivity index (χ4n) is 1.52. The molecule has 2 aromatic heterocycles. The van der Waals surface area contributed by atoms with Gasteiger partial charge in [-0.15, -0.1) is 32.9 Å². The molecule has 0 amide bonds. The van der Waals surface area contributed by atoms with Crippen LogP contribution in [-0.2, 0) is 26.4 Å². The van der Waals surface area contributed by atoms with Crippen LogP contribution in [-0.4, -0.2) is 9.13 Å². The summed E-state index contributed by atoms with van der Waals surface area (Å²) in [5.74, 6) is 0. The molecule has 0 N–H and O–H groups in total. The molecule has 0 unspecified atom stereocenters. The molecule has 0 saturated heterocycles. The van der Waals surface area contributed by atoms with E-state index < -0.39 is 23.7 Å². The van der Waals surface area contributed by atoms with Gasteiger partial charge >= 0.3 is 12.4 Å². The Kier molecular flexibility index (Phi) is 4.26. The summed E-state index contributed by atoms with van der Waals surface area (Å²) in [5, 5.41) is 8.92. The summed E-state index contributed by atoms with van der Waals surface area (Å²) in [6.45, 7) is 0. The van der Waals surface area contributed by atoms with Gasteiger partial charge in [-0.05, 0) is 0 Å². The van der Waals surface area contributed by atoms with Crippen LogP contribution in [0.3, 0.4) is 0 Å². The normalized spacial score (nSPS) is 14.9. The molecular weight excluding hydrogens is 354 g/mol. The summed E-state index contributed by atoms with van der Waals surface area (Å²) in [6, 6.07) is 0. The highest BCUT2D eigenvalue weighted by Gasteiger charge is 2.35. The minimum atomic E-state index is -4.53. The average molecular weight is 362 g/mol. The Balaban J connectivity index is 2.49. The summed E-state index contributed by atoms with van der Waals surface area (Å²) < 4.78 is 77.2. The average Bonchev–Trinajstić information content (AvgIpc) is 2.89. The van der Waals surface area contributed by atoms with Crippen LogP contribution < -0.4 is 9.60 Å². The zero-order valence-corrected chi connectivity index (χ0v) is 12.7. The van der Waals surface area contributed by atoms with Crippen molar-refractivity contribution in [3.63, 3.8) is 0 Å². The SMILES string of the molecule is Cn1c(C(F)(F)F)cs/c1=N\N=c1\scc(C(F)(F)F)n1C. The van der Waals surface area contributed by atoms with E-state index in [0.29, 0.717) is 22.7 Å². The molecule has 0 saturated carbocycles. The molecule has 0 aromatic carbocycles. The Morgan fingerprint density at radius 2 is 1.09 bits per heavy atom. The van der Waals surface area contributed by atoms with E-state index in [2.05, 4.69) is 10.2 Å². The van der Waals surface area contributed by atoms with Crippen molar-refractivity contribution in [2.24, 2.45) is 24.3 Å². The molecule has 0 fully saturated rings. The summed E-state index contributed by atoms with van der Waals surface area (Å²) in [7, 11) is 2.31. The molecule has 2 aromatic rings. The van der Waals surface area contributed by atoms with Gasteiger partial charge in [0.05, 0.1) is 0 Å². The number of rotatable bonds is 1. The maximum Gasteiger partial charge on any atom is 0.432 e. The number of thiazole rings is 2. The Hall–Kier alpha value is -1.56. The van der Waals surface area contributed by atoms with Gasteiger partial charge in [0.25, 0.3) is 0 Å². The lowest BCUT2D eigenvalue weighted by Crippen LogP contribution is -2.20. The molecule has 0 aliphatic rings. The van der Waals surface area contributed by atoms with Crippen LogP contribution >= 0.6 is 22.7 Å². The molecule has 4 nitrogen and oxygen atoms in total. The third-order valence-electron chi connectivity index (χ3n) is 2.65. The van der Waals surface area contributed by atoms with E-state index in [0.717, 1.165) is 34.0 Å². The Morgan fingerprint density at radius 3 is 1.32 bits per heavy atom. The summed E-state index contributed by atoms with van der Waals surface area (Å²) >= 11 is 1.39. The number of hydrogen-bond acceptors (Lipinski definition) is 4.